The van der Waals surface area contributed by atoms with Crippen molar-refractivity contribution in [1.29, 1.82) is 0 Å². The maximum atomic E-state index is 2.49. The van der Waals surface area contributed by atoms with E-state index in [4.69, 9.17) is 0 Å². The highest BCUT2D eigenvalue weighted by Gasteiger charge is 2.16. The van der Waals surface area contributed by atoms with Crippen LogP contribution >= 0.6 is 45.2 Å². The van der Waals surface area contributed by atoms with Crippen molar-refractivity contribution in [3.63, 3.8) is 0 Å². The van der Waals surface area contributed by atoms with Gasteiger partial charge in [0.2, 0.25) is 0 Å². The fraction of sp³-hybridized carbons (Fsp3) is 0.250. The van der Waals surface area contributed by atoms with E-state index >= 15 is 0 Å². The van der Waals surface area contributed by atoms with Crippen molar-refractivity contribution in [2.75, 3.05) is 0 Å². The van der Waals surface area contributed by atoms with Gasteiger partial charge in [-0.05, 0) is 112 Å². The van der Waals surface area contributed by atoms with Crippen LogP contribution in [-0.4, -0.2) is 0 Å². The highest BCUT2D eigenvalue weighted by atomic mass is 127. The predicted molar refractivity (Wildman–Crippen MR) is 96.3 cm³/mol. The highest BCUT2D eigenvalue weighted by Crippen LogP contribution is 2.37. The minimum absolute atomic E-state index is 1.32. The van der Waals surface area contributed by atoms with Gasteiger partial charge in [-0.2, -0.15) is 0 Å². The molecule has 0 radical (unpaired) electrons. The Morgan fingerprint density at radius 1 is 0.722 bits per heavy atom. The van der Waals surface area contributed by atoms with Gasteiger partial charge in [-0.3, -0.25) is 0 Å². The highest BCUT2D eigenvalue weighted by molar-refractivity contribution is 14.1. The molecule has 0 bridgehead atoms. The maximum absolute atomic E-state index is 2.49. The van der Waals surface area contributed by atoms with Crippen LogP contribution in [0.25, 0.3) is 11.1 Å². The van der Waals surface area contributed by atoms with Gasteiger partial charge in [0.05, 0.1) is 0 Å². The molecule has 0 aliphatic heterocycles. The van der Waals surface area contributed by atoms with Crippen LogP contribution in [0.15, 0.2) is 24.3 Å². The molecule has 0 amide bonds. The second kappa shape index (κ2) is 5.49. The zero-order chi connectivity index (χ0) is 13.4. The molecule has 0 saturated carbocycles. The molecule has 0 nitrogen and oxygen atoms in total. The summed E-state index contributed by atoms with van der Waals surface area (Å²) < 4.78 is 2.70. The number of halogens is 2. The van der Waals surface area contributed by atoms with Crippen LogP contribution in [-0.2, 0) is 0 Å². The SMILES string of the molecule is Cc1c(C)c(C)c(-c2ccccc2I)c(I)c1C. The minimum atomic E-state index is 1.32. The molecule has 94 valence electrons. The van der Waals surface area contributed by atoms with E-state index in [1.807, 2.05) is 0 Å². The molecule has 0 N–H and O–H groups in total. The maximum Gasteiger partial charge on any atom is 0.0243 e. The summed E-state index contributed by atoms with van der Waals surface area (Å²) in [5, 5.41) is 0. The molecular formula is C16H16I2. The van der Waals surface area contributed by atoms with Crippen molar-refractivity contribution in [3.05, 3.63) is 53.7 Å². The van der Waals surface area contributed by atoms with Crippen molar-refractivity contribution in [2.24, 2.45) is 0 Å². The first-order valence-corrected chi connectivity index (χ1v) is 8.11. The summed E-state index contributed by atoms with van der Waals surface area (Å²) in [6.07, 6.45) is 0. The second-order valence-corrected chi connectivity index (χ2v) is 6.91. The van der Waals surface area contributed by atoms with Crippen molar-refractivity contribution < 1.29 is 0 Å². The molecule has 0 aliphatic rings. The van der Waals surface area contributed by atoms with Crippen molar-refractivity contribution >= 4 is 45.2 Å². The molecule has 2 aromatic rings. The lowest BCUT2D eigenvalue weighted by atomic mass is 9.91. The average Bonchev–Trinajstić information content (AvgIpc) is 2.36. The van der Waals surface area contributed by atoms with Crippen LogP contribution in [0, 0.1) is 34.8 Å². The lowest BCUT2D eigenvalue weighted by molar-refractivity contribution is 1.20. The lowest BCUT2D eigenvalue weighted by Gasteiger charge is -2.18. The minimum Gasteiger partial charge on any atom is -0.0616 e. The van der Waals surface area contributed by atoms with Gasteiger partial charge in [0.15, 0.2) is 0 Å². The molecule has 0 aromatic heterocycles. The summed E-state index contributed by atoms with van der Waals surface area (Å²) >= 11 is 4.92. The Morgan fingerprint density at radius 3 is 1.89 bits per heavy atom. The molecule has 2 heteroatoms. The summed E-state index contributed by atoms with van der Waals surface area (Å²) in [4.78, 5) is 0. The molecule has 0 fully saturated rings. The van der Waals surface area contributed by atoms with Crippen molar-refractivity contribution in [3.8, 4) is 11.1 Å². The molecule has 0 atom stereocenters. The Morgan fingerprint density at radius 2 is 1.28 bits per heavy atom. The third-order valence-electron chi connectivity index (χ3n) is 3.75. The zero-order valence-corrected chi connectivity index (χ0v) is 15.4. The summed E-state index contributed by atoms with van der Waals surface area (Å²) in [5.41, 5.74) is 8.42. The monoisotopic (exact) mass is 462 g/mol. The van der Waals surface area contributed by atoms with Gasteiger partial charge in [0.25, 0.3) is 0 Å². The van der Waals surface area contributed by atoms with Gasteiger partial charge in [-0.15, -0.1) is 0 Å². The van der Waals surface area contributed by atoms with Gasteiger partial charge >= 0.3 is 0 Å². The normalized spacial score (nSPS) is 10.8. The first-order valence-electron chi connectivity index (χ1n) is 5.96. The smallest absolute Gasteiger partial charge is 0.0243 e. The fourth-order valence-electron chi connectivity index (χ4n) is 2.25. The topological polar surface area (TPSA) is 0 Å². The number of hydrogen-bond acceptors (Lipinski definition) is 0. The summed E-state index contributed by atoms with van der Waals surface area (Å²) in [6.45, 7) is 8.91. The van der Waals surface area contributed by atoms with E-state index in [0.29, 0.717) is 0 Å². The van der Waals surface area contributed by atoms with Gasteiger partial charge in [0, 0.05) is 7.14 Å². The molecular weight excluding hydrogens is 446 g/mol. The van der Waals surface area contributed by atoms with Gasteiger partial charge in [0.1, 0.15) is 0 Å². The summed E-state index contributed by atoms with van der Waals surface area (Å²) in [6, 6.07) is 8.62. The first kappa shape index (κ1) is 14.3. The van der Waals surface area contributed by atoms with Crippen LogP contribution in [0.4, 0.5) is 0 Å². The van der Waals surface area contributed by atoms with Crippen LogP contribution in [0.5, 0.6) is 0 Å². The number of benzene rings is 2. The van der Waals surface area contributed by atoms with Crippen molar-refractivity contribution in [2.45, 2.75) is 27.7 Å². The molecule has 0 spiro atoms. The lowest BCUT2D eigenvalue weighted by Crippen LogP contribution is -2.00. The molecule has 0 aliphatic carbocycles. The van der Waals surface area contributed by atoms with E-state index in [2.05, 4.69) is 97.1 Å². The third kappa shape index (κ3) is 2.33. The molecule has 18 heavy (non-hydrogen) atoms. The van der Waals surface area contributed by atoms with E-state index < -0.39 is 0 Å². The Kier molecular flexibility index (Phi) is 4.36. The number of rotatable bonds is 1. The fourth-order valence-corrected chi connectivity index (χ4v) is 4.01. The Labute approximate surface area is 136 Å². The average molecular weight is 462 g/mol. The van der Waals surface area contributed by atoms with Crippen LogP contribution < -0.4 is 0 Å². The number of hydrogen-bond donors (Lipinski definition) is 0. The summed E-state index contributed by atoms with van der Waals surface area (Å²) in [7, 11) is 0. The van der Waals surface area contributed by atoms with Crippen molar-refractivity contribution in [1.82, 2.24) is 0 Å². The van der Waals surface area contributed by atoms with E-state index in [0.717, 1.165) is 0 Å². The van der Waals surface area contributed by atoms with Gasteiger partial charge < -0.3 is 0 Å². The van der Waals surface area contributed by atoms with Crippen LogP contribution in [0.1, 0.15) is 22.3 Å². The van der Waals surface area contributed by atoms with Crippen LogP contribution in [0.2, 0.25) is 0 Å². The van der Waals surface area contributed by atoms with Crippen LogP contribution in [0.3, 0.4) is 0 Å². The van der Waals surface area contributed by atoms with E-state index in [1.165, 1.54) is 40.5 Å². The quantitative estimate of drug-likeness (QED) is 0.471. The molecule has 2 aromatic carbocycles. The predicted octanol–water partition coefficient (Wildman–Crippen LogP) is 5.80. The second-order valence-electron chi connectivity index (χ2n) is 4.67. The third-order valence-corrected chi connectivity index (χ3v) is 6.04. The van der Waals surface area contributed by atoms with Gasteiger partial charge in [-0.25, -0.2) is 0 Å². The largest absolute Gasteiger partial charge is 0.0616 e. The Bertz CT molecular complexity index is 584. The Balaban J connectivity index is 2.85. The van der Waals surface area contributed by atoms with E-state index in [-0.39, 0.29) is 0 Å². The van der Waals surface area contributed by atoms with E-state index in [9.17, 15) is 0 Å². The molecule has 0 saturated heterocycles. The Hall–Kier alpha value is -0.1000. The molecule has 0 unspecified atom stereocenters. The van der Waals surface area contributed by atoms with E-state index in [1.54, 1.807) is 0 Å². The first-order chi connectivity index (χ1) is 8.45. The molecule has 2 rings (SSSR count). The van der Waals surface area contributed by atoms with Gasteiger partial charge in [-0.1, -0.05) is 18.2 Å². The molecule has 0 heterocycles. The standard InChI is InChI=1S/C16H16I2/c1-9-10(2)12(4)16(18)15(11(9)3)13-7-5-6-8-14(13)17/h5-8H,1-4H3. The summed E-state index contributed by atoms with van der Waals surface area (Å²) in [5.74, 6) is 0. The zero-order valence-electron chi connectivity index (χ0n) is 11.1.